The summed E-state index contributed by atoms with van der Waals surface area (Å²) in [5.41, 5.74) is 1.32. The molecule has 1 N–H and O–H groups in total. The summed E-state index contributed by atoms with van der Waals surface area (Å²) in [5, 5.41) is 3.25. The van der Waals surface area contributed by atoms with Crippen molar-refractivity contribution in [3.05, 3.63) is 28.2 Å². The predicted molar refractivity (Wildman–Crippen MR) is 80.9 cm³/mol. The summed E-state index contributed by atoms with van der Waals surface area (Å²) in [6.45, 7) is 3.27. The third-order valence-corrected chi connectivity index (χ3v) is 4.66. The van der Waals surface area contributed by atoms with Crippen molar-refractivity contribution in [2.24, 2.45) is 0 Å². The molecule has 0 radical (unpaired) electrons. The molecule has 0 saturated heterocycles. The van der Waals surface area contributed by atoms with Crippen molar-refractivity contribution in [2.75, 3.05) is 33.4 Å². The van der Waals surface area contributed by atoms with Gasteiger partial charge in [-0.15, -0.1) is 11.8 Å². The van der Waals surface area contributed by atoms with Crippen molar-refractivity contribution < 1.29 is 0 Å². The Labute approximate surface area is 117 Å². The third-order valence-electron chi connectivity index (χ3n) is 2.69. The van der Waals surface area contributed by atoms with E-state index in [1.807, 2.05) is 18.8 Å². The molecule has 0 spiro atoms. The van der Waals surface area contributed by atoms with Crippen molar-refractivity contribution in [3.63, 3.8) is 0 Å². The van der Waals surface area contributed by atoms with Crippen LogP contribution in [0.25, 0.3) is 0 Å². The van der Waals surface area contributed by atoms with Gasteiger partial charge in [0.05, 0.1) is 0 Å². The first-order valence-electron chi connectivity index (χ1n) is 5.79. The van der Waals surface area contributed by atoms with Gasteiger partial charge in [0.15, 0.2) is 0 Å². The molecule has 1 atom stereocenters. The molecule has 0 aliphatic rings. The van der Waals surface area contributed by atoms with Crippen molar-refractivity contribution >= 4 is 27.7 Å². The standard InChI is InChI=1S/C13H21BrN2S/c1-10(15-2)11-5-6-13(12(14)9-11)17-8-7-16(3)4/h5-6,9-10,15H,7-8H2,1-4H3. The molecule has 1 unspecified atom stereocenters. The molecule has 0 heterocycles. The van der Waals surface area contributed by atoms with Crippen LogP contribution in [0.1, 0.15) is 18.5 Å². The number of thioether (sulfide) groups is 1. The minimum atomic E-state index is 0.395. The fourth-order valence-electron chi connectivity index (χ4n) is 1.41. The number of nitrogens with zero attached hydrogens (tertiary/aromatic N) is 1. The first-order chi connectivity index (χ1) is 8.04. The molecule has 1 rings (SSSR count). The van der Waals surface area contributed by atoms with Crippen molar-refractivity contribution in [2.45, 2.75) is 17.9 Å². The maximum Gasteiger partial charge on any atom is 0.0314 e. The van der Waals surface area contributed by atoms with E-state index < -0.39 is 0 Å². The third kappa shape index (κ3) is 5.00. The van der Waals surface area contributed by atoms with E-state index in [1.165, 1.54) is 14.9 Å². The van der Waals surface area contributed by atoms with Crippen LogP contribution in [0.3, 0.4) is 0 Å². The van der Waals surface area contributed by atoms with E-state index in [9.17, 15) is 0 Å². The number of nitrogens with one attached hydrogen (secondary N) is 1. The van der Waals surface area contributed by atoms with Gasteiger partial charge in [-0.25, -0.2) is 0 Å². The highest BCUT2D eigenvalue weighted by Crippen LogP contribution is 2.30. The van der Waals surface area contributed by atoms with E-state index in [0.29, 0.717) is 6.04 Å². The summed E-state index contributed by atoms with van der Waals surface area (Å²) in [6.07, 6.45) is 0. The van der Waals surface area contributed by atoms with Gasteiger partial charge in [0.1, 0.15) is 0 Å². The molecule has 1 aromatic carbocycles. The Morgan fingerprint density at radius 2 is 2.12 bits per heavy atom. The smallest absolute Gasteiger partial charge is 0.0314 e. The van der Waals surface area contributed by atoms with Crippen LogP contribution in [-0.2, 0) is 0 Å². The summed E-state index contributed by atoms with van der Waals surface area (Å²) in [4.78, 5) is 3.53. The first-order valence-corrected chi connectivity index (χ1v) is 7.56. The van der Waals surface area contributed by atoms with Gasteiger partial charge >= 0.3 is 0 Å². The lowest BCUT2D eigenvalue weighted by Gasteiger charge is -2.13. The zero-order valence-electron chi connectivity index (χ0n) is 11.0. The van der Waals surface area contributed by atoms with Crippen LogP contribution in [0.2, 0.25) is 0 Å². The number of hydrogen-bond acceptors (Lipinski definition) is 3. The lowest BCUT2D eigenvalue weighted by molar-refractivity contribution is 0.437. The molecule has 0 aliphatic carbocycles. The molecule has 0 bridgehead atoms. The van der Waals surface area contributed by atoms with Crippen LogP contribution in [-0.4, -0.2) is 38.3 Å². The Kier molecular flexibility index (Phi) is 6.55. The zero-order chi connectivity index (χ0) is 12.8. The topological polar surface area (TPSA) is 15.3 Å². The van der Waals surface area contributed by atoms with Gasteiger partial charge in [0.25, 0.3) is 0 Å². The van der Waals surface area contributed by atoms with Crippen LogP contribution >= 0.6 is 27.7 Å². The lowest BCUT2D eigenvalue weighted by atomic mass is 10.1. The van der Waals surface area contributed by atoms with Gasteiger partial charge < -0.3 is 10.2 Å². The molecule has 2 nitrogen and oxygen atoms in total. The maximum absolute atomic E-state index is 3.65. The molecule has 0 amide bonds. The fraction of sp³-hybridized carbons (Fsp3) is 0.538. The van der Waals surface area contributed by atoms with Gasteiger partial charge in [-0.2, -0.15) is 0 Å². The molecule has 0 fully saturated rings. The van der Waals surface area contributed by atoms with Crippen LogP contribution in [0.15, 0.2) is 27.6 Å². The van der Waals surface area contributed by atoms with E-state index in [-0.39, 0.29) is 0 Å². The van der Waals surface area contributed by atoms with Gasteiger partial charge in [-0.3, -0.25) is 0 Å². The predicted octanol–water partition coefficient (Wildman–Crippen LogP) is 3.38. The first kappa shape index (κ1) is 15.0. The van der Waals surface area contributed by atoms with Crippen LogP contribution in [0, 0.1) is 0 Å². The number of benzene rings is 1. The summed E-state index contributed by atoms with van der Waals surface area (Å²) in [6, 6.07) is 7.00. The molecule has 1 aromatic rings. The monoisotopic (exact) mass is 316 g/mol. The van der Waals surface area contributed by atoms with Gasteiger partial charge in [0, 0.05) is 27.7 Å². The highest BCUT2D eigenvalue weighted by Gasteiger charge is 2.06. The Balaban J connectivity index is 2.63. The SMILES string of the molecule is CNC(C)c1ccc(SCCN(C)C)c(Br)c1. The second-order valence-electron chi connectivity index (χ2n) is 4.35. The average Bonchev–Trinajstić information content (AvgIpc) is 2.29. The molecule has 0 saturated carbocycles. The molecular weight excluding hydrogens is 296 g/mol. The molecule has 0 aliphatic heterocycles. The van der Waals surface area contributed by atoms with Crippen LogP contribution < -0.4 is 5.32 Å². The normalized spacial score (nSPS) is 13.1. The largest absolute Gasteiger partial charge is 0.313 e. The number of rotatable bonds is 6. The molecule has 17 heavy (non-hydrogen) atoms. The Hall–Kier alpha value is -0.0300. The van der Waals surface area contributed by atoms with E-state index in [0.717, 1.165) is 12.3 Å². The average molecular weight is 317 g/mol. The highest BCUT2D eigenvalue weighted by atomic mass is 79.9. The van der Waals surface area contributed by atoms with E-state index >= 15 is 0 Å². The maximum atomic E-state index is 3.65. The molecule has 0 aromatic heterocycles. The summed E-state index contributed by atoms with van der Waals surface area (Å²) >= 11 is 5.54. The van der Waals surface area contributed by atoms with Crippen molar-refractivity contribution in [3.8, 4) is 0 Å². The Morgan fingerprint density at radius 1 is 1.41 bits per heavy atom. The van der Waals surface area contributed by atoms with E-state index in [4.69, 9.17) is 0 Å². The highest BCUT2D eigenvalue weighted by molar-refractivity contribution is 9.10. The Morgan fingerprint density at radius 3 is 2.65 bits per heavy atom. The van der Waals surface area contributed by atoms with Crippen molar-refractivity contribution in [1.82, 2.24) is 10.2 Å². The molecule has 96 valence electrons. The molecule has 4 heteroatoms. The minimum Gasteiger partial charge on any atom is -0.313 e. The van der Waals surface area contributed by atoms with Gasteiger partial charge in [-0.1, -0.05) is 6.07 Å². The van der Waals surface area contributed by atoms with Gasteiger partial charge in [-0.05, 0) is 61.7 Å². The zero-order valence-corrected chi connectivity index (χ0v) is 13.4. The Bertz CT molecular complexity index is 355. The van der Waals surface area contributed by atoms with Crippen LogP contribution in [0.5, 0.6) is 0 Å². The van der Waals surface area contributed by atoms with E-state index in [2.05, 4.69) is 65.4 Å². The summed E-state index contributed by atoms with van der Waals surface area (Å²) < 4.78 is 1.20. The van der Waals surface area contributed by atoms with Crippen molar-refractivity contribution in [1.29, 1.82) is 0 Å². The van der Waals surface area contributed by atoms with Crippen LogP contribution in [0.4, 0.5) is 0 Å². The second-order valence-corrected chi connectivity index (χ2v) is 6.34. The summed E-state index contributed by atoms with van der Waals surface area (Å²) in [7, 11) is 6.19. The number of hydrogen-bond donors (Lipinski definition) is 1. The van der Waals surface area contributed by atoms with Gasteiger partial charge in [0.2, 0.25) is 0 Å². The van der Waals surface area contributed by atoms with E-state index in [1.54, 1.807) is 0 Å². The second kappa shape index (κ2) is 7.41. The number of halogens is 1. The lowest BCUT2D eigenvalue weighted by Crippen LogP contribution is -2.14. The minimum absolute atomic E-state index is 0.395. The molecular formula is C13H21BrN2S. The summed E-state index contributed by atoms with van der Waals surface area (Å²) in [5.74, 6) is 1.12. The fourth-order valence-corrected chi connectivity index (χ4v) is 3.19. The quantitative estimate of drug-likeness (QED) is 0.810.